The molecule has 9 heteroatoms. The molecule has 2 atom stereocenters. The highest BCUT2D eigenvalue weighted by molar-refractivity contribution is 5.89. The maximum atomic E-state index is 12.7. The number of nitrogens with one attached hydrogen (secondary N) is 1. The predicted octanol–water partition coefficient (Wildman–Crippen LogP) is 4.82. The quantitative estimate of drug-likeness (QED) is 0.513. The number of amides is 2. The fraction of sp³-hybridized carbons (Fsp3) is 0.400. The minimum absolute atomic E-state index is 0.0465. The molecule has 0 aliphatic carbocycles. The van der Waals surface area contributed by atoms with Crippen molar-refractivity contribution in [3.05, 3.63) is 60.2 Å². The van der Waals surface area contributed by atoms with E-state index in [1.165, 1.54) is 4.90 Å². The van der Waals surface area contributed by atoms with Gasteiger partial charge < -0.3 is 15.2 Å². The van der Waals surface area contributed by atoms with E-state index in [2.05, 4.69) is 15.5 Å². The molecule has 0 bridgehead atoms. The van der Waals surface area contributed by atoms with E-state index in [0.717, 1.165) is 11.3 Å². The van der Waals surface area contributed by atoms with E-state index >= 15 is 0 Å². The van der Waals surface area contributed by atoms with Gasteiger partial charge in [-0.25, -0.2) is 9.59 Å². The molecule has 1 fully saturated rings. The molecule has 2 aromatic carbocycles. The molecule has 1 heterocycles. The van der Waals surface area contributed by atoms with Gasteiger partial charge in [-0.3, -0.25) is 9.69 Å². The Hall–Kier alpha value is -3.75. The van der Waals surface area contributed by atoms with E-state index in [1.54, 1.807) is 24.3 Å². The first-order valence-electron chi connectivity index (χ1n) is 11.4. The SMILES string of the molecule is CC(C)CC(NC(=O)C1CCCN1C(=O)OCc1ccc(N=Nc2ccccc2)cc1)C(=O)O. The second kappa shape index (κ2) is 11.9. The summed E-state index contributed by atoms with van der Waals surface area (Å²) in [6, 6.07) is 14.8. The highest BCUT2D eigenvalue weighted by atomic mass is 16.6. The van der Waals surface area contributed by atoms with Crippen LogP contribution in [0.25, 0.3) is 0 Å². The smallest absolute Gasteiger partial charge is 0.410 e. The first-order valence-corrected chi connectivity index (χ1v) is 11.4. The lowest BCUT2D eigenvalue weighted by molar-refractivity contribution is -0.142. The molecule has 2 unspecified atom stereocenters. The van der Waals surface area contributed by atoms with Gasteiger partial charge in [0.2, 0.25) is 5.91 Å². The zero-order valence-corrected chi connectivity index (χ0v) is 19.4. The van der Waals surface area contributed by atoms with Crippen LogP contribution in [0.5, 0.6) is 0 Å². The predicted molar refractivity (Wildman–Crippen MR) is 126 cm³/mol. The molecule has 0 spiro atoms. The third kappa shape index (κ3) is 7.13. The van der Waals surface area contributed by atoms with Crippen molar-refractivity contribution in [2.75, 3.05) is 6.54 Å². The molecule has 2 N–H and O–H groups in total. The van der Waals surface area contributed by atoms with E-state index in [-0.39, 0.29) is 12.5 Å². The Morgan fingerprint density at radius 3 is 2.32 bits per heavy atom. The molecule has 34 heavy (non-hydrogen) atoms. The summed E-state index contributed by atoms with van der Waals surface area (Å²) in [7, 11) is 0. The summed E-state index contributed by atoms with van der Waals surface area (Å²) in [6.07, 6.45) is 0.840. The molecule has 0 aromatic heterocycles. The minimum atomic E-state index is -1.08. The van der Waals surface area contributed by atoms with E-state index in [0.29, 0.717) is 31.5 Å². The lowest BCUT2D eigenvalue weighted by atomic mass is 10.0. The highest BCUT2D eigenvalue weighted by Crippen LogP contribution is 2.21. The van der Waals surface area contributed by atoms with Gasteiger partial charge in [0.15, 0.2) is 0 Å². The van der Waals surface area contributed by atoms with E-state index < -0.39 is 30.1 Å². The zero-order valence-electron chi connectivity index (χ0n) is 19.4. The van der Waals surface area contributed by atoms with Crippen LogP contribution in [0.4, 0.5) is 16.2 Å². The van der Waals surface area contributed by atoms with Crippen LogP contribution in [-0.2, 0) is 20.9 Å². The number of ether oxygens (including phenoxy) is 1. The molecule has 2 amide bonds. The second-order valence-corrected chi connectivity index (χ2v) is 8.64. The van der Waals surface area contributed by atoms with Crippen molar-refractivity contribution in [1.82, 2.24) is 10.2 Å². The number of hydrogen-bond acceptors (Lipinski definition) is 6. The van der Waals surface area contributed by atoms with Crippen molar-refractivity contribution in [2.24, 2.45) is 16.1 Å². The molecule has 0 radical (unpaired) electrons. The maximum Gasteiger partial charge on any atom is 0.410 e. The lowest BCUT2D eigenvalue weighted by Crippen LogP contribution is -2.51. The molecule has 1 aliphatic heterocycles. The van der Waals surface area contributed by atoms with Gasteiger partial charge in [-0.1, -0.05) is 44.2 Å². The van der Waals surface area contributed by atoms with Crippen LogP contribution in [0.1, 0.15) is 38.7 Å². The number of carbonyl (C=O) groups is 3. The van der Waals surface area contributed by atoms with Crippen LogP contribution in [0.15, 0.2) is 64.8 Å². The van der Waals surface area contributed by atoms with Gasteiger partial charge in [-0.05, 0) is 55.0 Å². The van der Waals surface area contributed by atoms with Crippen LogP contribution in [0.3, 0.4) is 0 Å². The monoisotopic (exact) mass is 466 g/mol. The van der Waals surface area contributed by atoms with Crippen LogP contribution in [-0.4, -0.2) is 46.6 Å². The van der Waals surface area contributed by atoms with Crippen molar-refractivity contribution in [1.29, 1.82) is 0 Å². The number of rotatable bonds is 9. The zero-order chi connectivity index (χ0) is 24.5. The molecule has 9 nitrogen and oxygen atoms in total. The van der Waals surface area contributed by atoms with Gasteiger partial charge >= 0.3 is 12.1 Å². The summed E-state index contributed by atoms with van der Waals surface area (Å²) in [5.74, 6) is -1.44. The lowest BCUT2D eigenvalue weighted by Gasteiger charge is -2.25. The molecule has 2 aromatic rings. The molecular formula is C25H30N4O5. The van der Waals surface area contributed by atoms with E-state index in [9.17, 15) is 19.5 Å². The average molecular weight is 467 g/mol. The van der Waals surface area contributed by atoms with Crippen LogP contribution >= 0.6 is 0 Å². The number of hydrogen-bond donors (Lipinski definition) is 2. The van der Waals surface area contributed by atoms with E-state index in [1.807, 2.05) is 44.2 Å². The maximum absolute atomic E-state index is 12.7. The largest absolute Gasteiger partial charge is 0.480 e. The molecular weight excluding hydrogens is 436 g/mol. The Bertz CT molecular complexity index is 1010. The number of carbonyl (C=O) groups excluding carboxylic acids is 2. The number of carboxylic acids is 1. The fourth-order valence-corrected chi connectivity index (χ4v) is 3.72. The number of nitrogens with zero attached hydrogens (tertiary/aromatic N) is 3. The van der Waals surface area contributed by atoms with Crippen molar-refractivity contribution in [3.8, 4) is 0 Å². The Balaban J connectivity index is 1.53. The summed E-state index contributed by atoms with van der Waals surface area (Å²) in [6.45, 7) is 4.21. The topological polar surface area (TPSA) is 121 Å². The Morgan fingerprint density at radius 2 is 1.71 bits per heavy atom. The Kier molecular flexibility index (Phi) is 8.73. The van der Waals surface area contributed by atoms with Crippen LogP contribution in [0, 0.1) is 5.92 Å². The number of benzene rings is 2. The Morgan fingerprint density at radius 1 is 1.06 bits per heavy atom. The van der Waals surface area contributed by atoms with E-state index in [4.69, 9.17) is 4.74 Å². The van der Waals surface area contributed by atoms with Gasteiger partial charge in [-0.2, -0.15) is 10.2 Å². The second-order valence-electron chi connectivity index (χ2n) is 8.64. The van der Waals surface area contributed by atoms with Crippen molar-refractivity contribution in [3.63, 3.8) is 0 Å². The number of likely N-dealkylation sites (tertiary alicyclic amines) is 1. The van der Waals surface area contributed by atoms with Gasteiger partial charge in [0.1, 0.15) is 18.7 Å². The number of aliphatic carboxylic acids is 1. The molecule has 3 rings (SSSR count). The molecule has 0 saturated carbocycles. The standard InChI is InChI=1S/C25H30N4O5/c1-17(2)15-21(24(31)32)26-23(30)22-9-6-14-29(22)25(33)34-16-18-10-12-20(13-11-18)28-27-19-7-4-3-5-8-19/h3-5,7-8,10-13,17,21-22H,6,9,14-16H2,1-2H3,(H,26,30)(H,31,32). The minimum Gasteiger partial charge on any atom is -0.480 e. The molecule has 180 valence electrons. The van der Waals surface area contributed by atoms with Crippen LogP contribution < -0.4 is 5.32 Å². The van der Waals surface area contributed by atoms with Crippen molar-refractivity contribution < 1.29 is 24.2 Å². The Labute approximate surface area is 198 Å². The molecule has 1 saturated heterocycles. The fourth-order valence-electron chi connectivity index (χ4n) is 3.72. The van der Waals surface area contributed by atoms with Crippen molar-refractivity contribution in [2.45, 2.75) is 51.8 Å². The highest BCUT2D eigenvalue weighted by Gasteiger charge is 2.36. The number of carboxylic acid groups (broad SMARTS) is 1. The average Bonchev–Trinajstić information content (AvgIpc) is 3.32. The third-order valence-electron chi connectivity index (χ3n) is 5.45. The molecule has 1 aliphatic rings. The van der Waals surface area contributed by atoms with Gasteiger partial charge in [-0.15, -0.1) is 0 Å². The summed E-state index contributed by atoms with van der Waals surface area (Å²) < 4.78 is 5.42. The summed E-state index contributed by atoms with van der Waals surface area (Å²) >= 11 is 0. The van der Waals surface area contributed by atoms with Gasteiger partial charge in [0.05, 0.1) is 11.4 Å². The number of azo groups is 1. The van der Waals surface area contributed by atoms with Crippen LogP contribution in [0.2, 0.25) is 0 Å². The van der Waals surface area contributed by atoms with Gasteiger partial charge in [0.25, 0.3) is 0 Å². The normalized spacial score (nSPS) is 16.6. The first-order chi connectivity index (χ1) is 16.3. The first kappa shape index (κ1) is 24.9. The summed E-state index contributed by atoms with van der Waals surface area (Å²) in [5.41, 5.74) is 2.20. The summed E-state index contributed by atoms with van der Waals surface area (Å²) in [4.78, 5) is 38.2. The van der Waals surface area contributed by atoms with Crippen molar-refractivity contribution >= 4 is 29.3 Å². The summed E-state index contributed by atoms with van der Waals surface area (Å²) in [5, 5.41) is 20.3. The van der Waals surface area contributed by atoms with Gasteiger partial charge in [0, 0.05) is 6.54 Å². The third-order valence-corrected chi connectivity index (χ3v) is 5.45.